The van der Waals surface area contributed by atoms with Gasteiger partial charge >= 0.3 is 0 Å². The number of nitriles is 1. The Bertz CT molecular complexity index is 864. The number of carbonyl (C=O) groups is 1. The van der Waals surface area contributed by atoms with Crippen molar-refractivity contribution in [3.8, 4) is 6.07 Å². The number of ether oxygens (including phenoxy) is 1. The zero-order chi connectivity index (χ0) is 19.3. The number of benzene rings is 2. The van der Waals surface area contributed by atoms with Crippen LogP contribution in [-0.2, 0) is 16.0 Å². The third-order valence-electron chi connectivity index (χ3n) is 5.68. The largest absolute Gasteiger partial charge is 0.373 e. The molecule has 1 amide bonds. The van der Waals surface area contributed by atoms with Crippen molar-refractivity contribution in [2.75, 3.05) is 24.6 Å². The van der Waals surface area contributed by atoms with Crippen molar-refractivity contribution in [2.45, 2.75) is 37.8 Å². The molecule has 0 aliphatic carbocycles. The summed E-state index contributed by atoms with van der Waals surface area (Å²) in [7, 11) is 0. The highest BCUT2D eigenvalue weighted by molar-refractivity contribution is 5.77. The summed E-state index contributed by atoms with van der Waals surface area (Å²) >= 11 is 0. The van der Waals surface area contributed by atoms with Crippen LogP contribution in [0, 0.1) is 11.3 Å². The Labute approximate surface area is 165 Å². The summed E-state index contributed by atoms with van der Waals surface area (Å²) in [5, 5.41) is 12.1. The van der Waals surface area contributed by atoms with Crippen LogP contribution in [0.25, 0.3) is 0 Å². The topological polar surface area (TPSA) is 65.4 Å². The molecule has 1 atom stereocenters. The van der Waals surface area contributed by atoms with Crippen LogP contribution in [-0.4, -0.2) is 31.6 Å². The minimum Gasteiger partial charge on any atom is -0.373 e. The van der Waals surface area contributed by atoms with Gasteiger partial charge in [-0.15, -0.1) is 0 Å². The fourth-order valence-corrected chi connectivity index (χ4v) is 4.13. The first kappa shape index (κ1) is 18.5. The number of hydrogen-bond donors (Lipinski definition) is 1. The zero-order valence-electron chi connectivity index (χ0n) is 15.9. The quantitative estimate of drug-likeness (QED) is 0.890. The Morgan fingerprint density at radius 3 is 2.64 bits per heavy atom. The lowest BCUT2D eigenvalue weighted by molar-refractivity contribution is -0.125. The number of anilines is 1. The van der Waals surface area contributed by atoms with Gasteiger partial charge in [-0.2, -0.15) is 5.26 Å². The average Bonchev–Trinajstić information content (AvgIpc) is 2.75. The Kier molecular flexibility index (Phi) is 5.59. The highest BCUT2D eigenvalue weighted by atomic mass is 16.5. The van der Waals surface area contributed by atoms with Gasteiger partial charge in [-0.25, -0.2) is 0 Å². The van der Waals surface area contributed by atoms with E-state index in [0.29, 0.717) is 18.6 Å². The third-order valence-corrected chi connectivity index (χ3v) is 5.68. The normalized spacial score (nSPS) is 19.5. The smallest absolute Gasteiger partial charge is 0.223 e. The molecule has 2 aromatic rings. The van der Waals surface area contributed by atoms with E-state index in [1.807, 2.05) is 36.4 Å². The molecule has 1 unspecified atom stereocenters. The number of hydrogen-bond acceptors (Lipinski definition) is 4. The summed E-state index contributed by atoms with van der Waals surface area (Å²) in [6.45, 7) is 2.48. The Morgan fingerprint density at radius 2 is 1.89 bits per heavy atom. The minimum atomic E-state index is -0.135. The molecule has 2 aliphatic rings. The van der Waals surface area contributed by atoms with Gasteiger partial charge in [0.1, 0.15) is 0 Å². The van der Waals surface area contributed by atoms with E-state index in [2.05, 4.69) is 28.4 Å². The molecule has 28 heavy (non-hydrogen) atoms. The molecule has 2 heterocycles. The summed E-state index contributed by atoms with van der Waals surface area (Å²) in [5.41, 5.74) is 4.26. The number of carbonyl (C=O) groups excluding carboxylic acids is 1. The molecule has 5 nitrogen and oxygen atoms in total. The lowest BCUT2D eigenvalue weighted by Crippen LogP contribution is -2.45. The average molecular weight is 375 g/mol. The van der Waals surface area contributed by atoms with Crippen molar-refractivity contribution in [2.24, 2.45) is 0 Å². The van der Waals surface area contributed by atoms with Gasteiger partial charge in [0, 0.05) is 24.8 Å². The highest BCUT2D eigenvalue weighted by Gasteiger charge is 2.25. The molecule has 0 radical (unpaired) electrons. The van der Waals surface area contributed by atoms with E-state index in [1.165, 1.54) is 5.56 Å². The van der Waals surface area contributed by atoms with Crippen LogP contribution >= 0.6 is 0 Å². The molecular weight excluding hydrogens is 350 g/mol. The number of amides is 1. The second-order valence-electron chi connectivity index (χ2n) is 7.50. The summed E-state index contributed by atoms with van der Waals surface area (Å²) in [4.78, 5) is 14.9. The molecule has 1 fully saturated rings. The lowest BCUT2D eigenvalue weighted by atomic mass is 9.95. The molecule has 2 aromatic carbocycles. The van der Waals surface area contributed by atoms with E-state index in [1.54, 1.807) is 0 Å². The van der Waals surface area contributed by atoms with E-state index in [9.17, 15) is 4.79 Å². The van der Waals surface area contributed by atoms with Crippen molar-refractivity contribution < 1.29 is 9.53 Å². The van der Waals surface area contributed by atoms with E-state index < -0.39 is 0 Å². The van der Waals surface area contributed by atoms with E-state index in [4.69, 9.17) is 10.00 Å². The molecule has 2 aliphatic heterocycles. The van der Waals surface area contributed by atoms with Gasteiger partial charge in [-0.3, -0.25) is 4.79 Å². The van der Waals surface area contributed by atoms with Crippen molar-refractivity contribution in [3.05, 3.63) is 65.2 Å². The zero-order valence-corrected chi connectivity index (χ0v) is 15.9. The maximum atomic E-state index is 12.6. The molecule has 0 spiro atoms. The number of fused-ring (bicyclic) bond motifs is 1. The van der Waals surface area contributed by atoms with Gasteiger partial charge in [-0.05, 0) is 54.7 Å². The van der Waals surface area contributed by atoms with Gasteiger partial charge < -0.3 is 15.0 Å². The number of piperidine rings is 1. The predicted molar refractivity (Wildman–Crippen MR) is 108 cm³/mol. The number of rotatable bonds is 4. The van der Waals surface area contributed by atoms with Crippen LogP contribution < -0.4 is 10.2 Å². The Balaban J connectivity index is 1.28. The first-order chi connectivity index (χ1) is 13.7. The fourth-order valence-electron chi connectivity index (χ4n) is 4.13. The predicted octanol–water partition coefficient (Wildman–Crippen LogP) is 3.35. The van der Waals surface area contributed by atoms with Crippen LogP contribution in [0.2, 0.25) is 0 Å². The molecule has 4 rings (SSSR count). The van der Waals surface area contributed by atoms with Gasteiger partial charge in [0.2, 0.25) is 5.91 Å². The van der Waals surface area contributed by atoms with Crippen LogP contribution in [0.4, 0.5) is 5.69 Å². The van der Waals surface area contributed by atoms with Crippen LogP contribution in [0.15, 0.2) is 48.5 Å². The first-order valence-corrected chi connectivity index (χ1v) is 9.97. The van der Waals surface area contributed by atoms with Crippen molar-refractivity contribution in [1.29, 1.82) is 5.26 Å². The summed E-state index contributed by atoms with van der Waals surface area (Å²) in [6.07, 6.45) is 3.01. The molecular formula is C23H25N3O2. The van der Waals surface area contributed by atoms with Crippen molar-refractivity contribution >= 4 is 11.6 Å². The summed E-state index contributed by atoms with van der Waals surface area (Å²) < 4.78 is 5.87. The maximum absolute atomic E-state index is 12.6. The monoisotopic (exact) mass is 375 g/mol. The maximum Gasteiger partial charge on any atom is 0.223 e. The highest BCUT2D eigenvalue weighted by Crippen LogP contribution is 2.29. The molecule has 0 saturated carbocycles. The molecule has 1 saturated heterocycles. The Hall–Kier alpha value is -2.84. The lowest BCUT2D eigenvalue weighted by Gasteiger charge is -2.34. The molecule has 1 N–H and O–H groups in total. The second-order valence-corrected chi connectivity index (χ2v) is 7.50. The minimum absolute atomic E-state index is 0.0681. The molecule has 0 bridgehead atoms. The van der Waals surface area contributed by atoms with E-state index >= 15 is 0 Å². The van der Waals surface area contributed by atoms with E-state index in [0.717, 1.165) is 43.6 Å². The van der Waals surface area contributed by atoms with Crippen LogP contribution in [0.1, 0.15) is 42.1 Å². The van der Waals surface area contributed by atoms with Crippen molar-refractivity contribution in [3.63, 3.8) is 0 Å². The van der Waals surface area contributed by atoms with Gasteiger partial charge in [-0.1, -0.05) is 24.3 Å². The Morgan fingerprint density at radius 1 is 1.14 bits per heavy atom. The summed E-state index contributed by atoms with van der Waals surface area (Å²) in [6, 6.07) is 18.3. The molecule has 144 valence electrons. The van der Waals surface area contributed by atoms with E-state index in [-0.39, 0.29) is 18.1 Å². The second kappa shape index (κ2) is 8.45. The fraction of sp³-hybridized carbons (Fsp3) is 0.391. The molecule has 5 heteroatoms. The standard InChI is InChI=1S/C23H25N3O2/c24-16-17-5-7-20(8-6-17)26-12-9-19(10-13-26)25-23(27)15-22-21-4-2-1-3-18(21)11-14-28-22/h1-8,19,22H,9-15H2,(H,25,27). The SMILES string of the molecule is N#Cc1ccc(N2CCC(NC(=O)CC3OCCc4ccccc43)CC2)cc1. The summed E-state index contributed by atoms with van der Waals surface area (Å²) in [5.74, 6) is 0.0681. The third kappa shape index (κ3) is 4.18. The van der Waals surface area contributed by atoms with Gasteiger partial charge in [0.15, 0.2) is 0 Å². The first-order valence-electron chi connectivity index (χ1n) is 9.97. The number of nitrogens with zero attached hydrogens (tertiary/aromatic N) is 2. The number of nitrogens with one attached hydrogen (secondary N) is 1. The van der Waals surface area contributed by atoms with Crippen LogP contribution in [0.3, 0.4) is 0 Å². The molecule has 0 aromatic heterocycles. The van der Waals surface area contributed by atoms with Crippen LogP contribution in [0.5, 0.6) is 0 Å². The van der Waals surface area contributed by atoms with Crippen molar-refractivity contribution in [1.82, 2.24) is 5.32 Å². The van der Waals surface area contributed by atoms with Gasteiger partial charge in [0.05, 0.1) is 30.8 Å². The van der Waals surface area contributed by atoms with Gasteiger partial charge in [0.25, 0.3) is 0 Å².